The van der Waals surface area contributed by atoms with E-state index < -0.39 is 0 Å². The van der Waals surface area contributed by atoms with Crippen LogP contribution in [0, 0.1) is 6.92 Å². The summed E-state index contributed by atoms with van der Waals surface area (Å²) in [4.78, 5) is 4.31. The van der Waals surface area contributed by atoms with E-state index >= 15 is 0 Å². The fourth-order valence-electron chi connectivity index (χ4n) is 1.47. The Balaban J connectivity index is 2.61. The lowest BCUT2D eigenvalue weighted by Gasteiger charge is -2.10. The summed E-state index contributed by atoms with van der Waals surface area (Å²) in [5.74, 6) is 5.97. The molecule has 0 amide bonds. The van der Waals surface area contributed by atoms with Gasteiger partial charge in [0.15, 0.2) is 0 Å². The zero-order valence-electron chi connectivity index (χ0n) is 10.7. The van der Waals surface area contributed by atoms with Gasteiger partial charge in [0.2, 0.25) is 5.96 Å². The summed E-state index contributed by atoms with van der Waals surface area (Å²) >= 11 is 3.45. The Morgan fingerprint density at radius 1 is 1.44 bits per heavy atom. The zero-order valence-corrected chi connectivity index (χ0v) is 12.3. The van der Waals surface area contributed by atoms with E-state index in [4.69, 9.17) is 10.6 Å². The molecule has 0 unspecified atom stereocenters. The molecule has 0 fully saturated rings. The van der Waals surface area contributed by atoms with E-state index in [0.29, 0.717) is 19.1 Å². The summed E-state index contributed by atoms with van der Waals surface area (Å²) in [6, 6.07) is 6.03. The number of hydrazine groups is 1. The Kier molecular flexibility index (Phi) is 6.70. The van der Waals surface area contributed by atoms with Crippen LogP contribution in [-0.2, 0) is 4.74 Å². The number of ether oxygens (including phenoxy) is 1. The Bertz CT molecular complexity index is 389. The lowest BCUT2D eigenvalue weighted by molar-refractivity contribution is 0.197. The fourth-order valence-corrected chi connectivity index (χ4v) is 2.07. The first-order valence-corrected chi connectivity index (χ1v) is 6.49. The smallest absolute Gasteiger partial charge is 0.210 e. The van der Waals surface area contributed by atoms with Crippen LogP contribution in [0.25, 0.3) is 0 Å². The molecule has 100 valence electrons. The van der Waals surface area contributed by atoms with Gasteiger partial charge in [-0.1, -0.05) is 15.9 Å². The van der Waals surface area contributed by atoms with Crippen molar-refractivity contribution in [3.8, 4) is 0 Å². The molecule has 6 heteroatoms. The minimum atomic E-state index is 0.545. The quantitative estimate of drug-likeness (QED) is 0.256. The first-order valence-electron chi connectivity index (χ1n) is 5.70. The van der Waals surface area contributed by atoms with Crippen LogP contribution in [0.4, 0.5) is 5.69 Å². The van der Waals surface area contributed by atoms with Crippen molar-refractivity contribution in [3.05, 3.63) is 28.2 Å². The molecule has 0 saturated carbocycles. The number of rotatable bonds is 5. The molecule has 1 aromatic rings. The van der Waals surface area contributed by atoms with Crippen LogP contribution in [0.15, 0.2) is 27.7 Å². The van der Waals surface area contributed by atoms with Crippen LogP contribution in [0.5, 0.6) is 0 Å². The van der Waals surface area contributed by atoms with Crippen LogP contribution in [0.3, 0.4) is 0 Å². The van der Waals surface area contributed by atoms with Gasteiger partial charge in [-0.15, -0.1) is 0 Å². The molecule has 0 atom stereocenters. The number of hydrogen-bond donors (Lipinski definition) is 3. The first kappa shape index (κ1) is 14.9. The summed E-state index contributed by atoms with van der Waals surface area (Å²) in [5, 5.41) is 3.13. The third kappa shape index (κ3) is 5.48. The molecule has 1 rings (SSSR count). The molecule has 0 spiro atoms. The molecule has 18 heavy (non-hydrogen) atoms. The van der Waals surface area contributed by atoms with Crippen LogP contribution in [-0.4, -0.2) is 26.2 Å². The summed E-state index contributed by atoms with van der Waals surface area (Å²) < 4.78 is 5.97. The molecule has 0 aliphatic heterocycles. The maximum atomic E-state index is 5.43. The first-order chi connectivity index (χ1) is 8.65. The number of halogens is 1. The van der Waals surface area contributed by atoms with Crippen molar-refractivity contribution in [1.82, 2.24) is 5.43 Å². The maximum Gasteiger partial charge on any atom is 0.210 e. The normalized spacial score (nSPS) is 11.4. The summed E-state index contributed by atoms with van der Waals surface area (Å²) in [7, 11) is 1.67. The minimum Gasteiger partial charge on any atom is -0.385 e. The van der Waals surface area contributed by atoms with Gasteiger partial charge >= 0.3 is 0 Å². The third-order valence-electron chi connectivity index (χ3n) is 2.22. The second-order valence-electron chi connectivity index (χ2n) is 3.86. The number of hydrogen-bond acceptors (Lipinski definition) is 3. The van der Waals surface area contributed by atoms with E-state index in [1.807, 2.05) is 25.1 Å². The van der Waals surface area contributed by atoms with E-state index in [-0.39, 0.29) is 0 Å². The Morgan fingerprint density at radius 3 is 2.83 bits per heavy atom. The zero-order chi connectivity index (χ0) is 13.4. The highest BCUT2D eigenvalue weighted by Crippen LogP contribution is 2.18. The second kappa shape index (κ2) is 8.07. The van der Waals surface area contributed by atoms with E-state index in [9.17, 15) is 0 Å². The summed E-state index contributed by atoms with van der Waals surface area (Å²) in [6.07, 6.45) is 0.862. The second-order valence-corrected chi connectivity index (χ2v) is 4.78. The van der Waals surface area contributed by atoms with Crippen LogP contribution in [0.1, 0.15) is 12.0 Å². The van der Waals surface area contributed by atoms with Gasteiger partial charge in [-0.05, 0) is 37.1 Å². The SMILES string of the molecule is COCCCN=C(NN)Nc1cc(C)cc(Br)c1. The van der Waals surface area contributed by atoms with Crippen molar-refractivity contribution in [2.24, 2.45) is 10.8 Å². The molecule has 5 nitrogen and oxygen atoms in total. The molecular weight excluding hydrogens is 296 g/mol. The monoisotopic (exact) mass is 314 g/mol. The van der Waals surface area contributed by atoms with Gasteiger partial charge in [-0.2, -0.15) is 0 Å². The predicted octanol–water partition coefficient (Wildman–Crippen LogP) is 2.03. The molecule has 0 bridgehead atoms. The number of nitrogens with zero attached hydrogens (tertiary/aromatic N) is 1. The molecule has 0 aliphatic rings. The van der Waals surface area contributed by atoms with Crippen molar-refractivity contribution < 1.29 is 4.74 Å². The van der Waals surface area contributed by atoms with E-state index in [1.165, 1.54) is 0 Å². The molecule has 0 saturated heterocycles. The molecule has 0 radical (unpaired) electrons. The van der Waals surface area contributed by atoms with E-state index in [0.717, 1.165) is 22.1 Å². The lowest BCUT2D eigenvalue weighted by atomic mass is 10.2. The molecule has 0 heterocycles. The highest BCUT2D eigenvalue weighted by Gasteiger charge is 2.00. The predicted molar refractivity (Wildman–Crippen MR) is 78.6 cm³/mol. The van der Waals surface area contributed by atoms with Crippen molar-refractivity contribution in [2.45, 2.75) is 13.3 Å². The van der Waals surface area contributed by atoms with Crippen molar-refractivity contribution in [1.29, 1.82) is 0 Å². The van der Waals surface area contributed by atoms with E-state index in [1.54, 1.807) is 7.11 Å². The van der Waals surface area contributed by atoms with E-state index in [2.05, 4.69) is 31.7 Å². The molecule has 0 aliphatic carbocycles. The van der Waals surface area contributed by atoms with Gasteiger partial charge in [0.05, 0.1) is 0 Å². The van der Waals surface area contributed by atoms with Gasteiger partial charge in [0.1, 0.15) is 0 Å². The maximum absolute atomic E-state index is 5.43. The summed E-state index contributed by atoms with van der Waals surface area (Å²) in [5.41, 5.74) is 4.64. The minimum absolute atomic E-state index is 0.545. The standard InChI is InChI=1S/C12H19BrN4O/c1-9-6-10(13)8-11(7-9)16-12(17-14)15-4-3-5-18-2/h6-8H,3-5,14H2,1-2H3,(H2,15,16,17). The van der Waals surface area contributed by atoms with Gasteiger partial charge in [-0.3, -0.25) is 10.4 Å². The Labute approximate surface area is 116 Å². The Hall–Kier alpha value is -1.11. The van der Waals surface area contributed by atoms with Gasteiger partial charge < -0.3 is 10.1 Å². The number of aryl methyl sites for hydroxylation is 1. The van der Waals surface area contributed by atoms with Crippen LogP contribution >= 0.6 is 15.9 Å². The highest BCUT2D eigenvalue weighted by atomic mass is 79.9. The fraction of sp³-hybridized carbons (Fsp3) is 0.417. The number of nitrogens with two attached hydrogens (primary N) is 1. The summed E-state index contributed by atoms with van der Waals surface area (Å²) in [6.45, 7) is 3.38. The van der Waals surface area contributed by atoms with Crippen molar-refractivity contribution in [3.63, 3.8) is 0 Å². The lowest BCUT2D eigenvalue weighted by Crippen LogP contribution is -2.36. The highest BCUT2D eigenvalue weighted by molar-refractivity contribution is 9.10. The van der Waals surface area contributed by atoms with Crippen LogP contribution in [0.2, 0.25) is 0 Å². The number of anilines is 1. The number of methoxy groups -OCH3 is 1. The number of aliphatic imine (C=N–C) groups is 1. The average Bonchev–Trinajstić information content (AvgIpc) is 2.32. The topological polar surface area (TPSA) is 71.7 Å². The van der Waals surface area contributed by atoms with Gasteiger partial charge in [0.25, 0.3) is 0 Å². The number of guanidine groups is 1. The largest absolute Gasteiger partial charge is 0.385 e. The molecule has 1 aromatic carbocycles. The Morgan fingerprint density at radius 2 is 2.22 bits per heavy atom. The molecule has 0 aromatic heterocycles. The molecular formula is C12H19BrN4O. The van der Waals surface area contributed by atoms with Crippen molar-refractivity contribution >= 4 is 27.6 Å². The van der Waals surface area contributed by atoms with Gasteiger partial charge in [-0.25, -0.2) is 5.84 Å². The number of benzene rings is 1. The van der Waals surface area contributed by atoms with Crippen molar-refractivity contribution in [2.75, 3.05) is 25.6 Å². The van der Waals surface area contributed by atoms with Crippen LogP contribution < -0.4 is 16.6 Å². The third-order valence-corrected chi connectivity index (χ3v) is 2.68. The number of nitrogens with one attached hydrogen (secondary N) is 2. The van der Waals surface area contributed by atoms with Gasteiger partial charge in [0, 0.05) is 30.4 Å². The average molecular weight is 315 g/mol. The molecule has 4 N–H and O–H groups in total.